The number of hydrogen-bond acceptors (Lipinski definition) is 3. The third-order valence-electron chi connectivity index (χ3n) is 2.50. The highest BCUT2D eigenvalue weighted by Crippen LogP contribution is 2.19. The van der Waals surface area contributed by atoms with E-state index < -0.39 is 0 Å². The van der Waals surface area contributed by atoms with Crippen LogP contribution < -0.4 is 5.32 Å². The summed E-state index contributed by atoms with van der Waals surface area (Å²) in [6.07, 6.45) is 5.20. The van der Waals surface area contributed by atoms with E-state index >= 15 is 0 Å². The maximum Gasteiger partial charge on any atom is 0.220 e. The molecule has 4 nitrogen and oxygen atoms in total. The van der Waals surface area contributed by atoms with Crippen molar-refractivity contribution in [2.24, 2.45) is 0 Å². The standard InChI is InChI=1S/C13H17N3O/c1-2-7-16-13(17)4-3-12(10-14)11-5-8-15-9-6-11/h5-6,8-9,12H,2-4,7H2,1H3,(H,16,17). The molecule has 1 amide bonds. The molecule has 4 heteroatoms. The lowest BCUT2D eigenvalue weighted by Crippen LogP contribution is -2.24. The second kappa shape index (κ2) is 7.39. The lowest BCUT2D eigenvalue weighted by Gasteiger charge is -2.08. The third kappa shape index (κ3) is 4.64. The van der Waals surface area contributed by atoms with E-state index in [1.807, 2.05) is 19.1 Å². The van der Waals surface area contributed by atoms with E-state index in [9.17, 15) is 4.79 Å². The van der Waals surface area contributed by atoms with E-state index in [2.05, 4.69) is 16.4 Å². The Morgan fingerprint density at radius 2 is 2.24 bits per heavy atom. The van der Waals surface area contributed by atoms with E-state index in [1.54, 1.807) is 12.4 Å². The van der Waals surface area contributed by atoms with Crippen molar-refractivity contribution in [2.45, 2.75) is 32.1 Å². The molecule has 0 saturated heterocycles. The highest BCUT2D eigenvalue weighted by Gasteiger charge is 2.12. The number of nitrogens with zero attached hydrogens (tertiary/aromatic N) is 2. The van der Waals surface area contributed by atoms with Crippen LogP contribution in [0.3, 0.4) is 0 Å². The Morgan fingerprint density at radius 3 is 2.82 bits per heavy atom. The maximum absolute atomic E-state index is 11.4. The molecule has 1 atom stereocenters. The van der Waals surface area contributed by atoms with Crippen molar-refractivity contribution >= 4 is 5.91 Å². The zero-order valence-electron chi connectivity index (χ0n) is 10.0. The minimum atomic E-state index is -0.231. The van der Waals surface area contributed by atoms with E-state index in [0.717, 1.165) is 12.0 Å². The van der Waals surface area contributed by atoms with Crippen LogP contribution in [-0.2, 0) is 4.79 Å². The molecular weight excluding hydrogens is 214 g/mol. The number of amides is 1. The summed E-state index contributed by atoms with van der Waals surface area (Å²) < 4.78 is 0. The minimum Gasteiger partial charge on any atom is -0.356 e. The van der Waals surface area contributed by atoms with Crippen LogP contribution in [0.1, 0.15) is 37.7 Å². The lowest BCUT2D eigenvalue weighted by atomic mass is 9.96. The monoisotopic (exact) mass is 231 g/mol. The minimum absolute atomic E-state index is 0.0150. The summed E-state index contributed by atoms with van der Waals surface area (Å²) in [4.78, 5) is 15.3. The molecule has 17 heavy (non-hydrogen) atoms. The Labute approximate surface area is 102 Å². The largest absolute Gasteiger partial charge is 0.356 e. The predicted octanol–water partition coefficient (Wildman–Crippen LogP) is 2.00. The van der Waals surface area contributed by atoms with Gasteiger partial charge >= 0.3 is 0 Å². The van der Waals surface area contributed by atoms with E-state index in [4.69, 9.17) is 5.26 Å². The van der Waals surface area contributed by atoms with Crippen molar-refractivity contribution in [3.63, 3.8) is 0 Å². The van der Waals surface area contributed by atoms with Gasteiger partial charge in [0.2, 0.25) is 5.91 Å². The fraction of sp³-hybridized carbons (Fsp3) is 0.462. The summed E-state index contributed by atoms with van der Waals surface area (Å²) in [5, 5.41) is 11.9. The molecule has 90 valence electrons. The van der Waals surface area contributed by atoms with E-state index in [1.165, 1.54) is 0 Å². The fourth-order valence-electron chi connectivity index (χ4n) is 1.53. The molecule has 1 aromatic heterocycles. The van der Waals surface area contributed by atoms with Gasteiger partial charge in [0.25, 0.3) is 0 Å². The van der Waals surface area contributed by atoms with Crippen molar-refractivity contribution in [1.29, 1.82) is 5.26 Å². The van der Waals surface area contributed by atoms with Crippen molar-refractivity contribution in [2.75, 3.05) is 6.54 Å². The van der Waals surface area contributed by atoms with Gasteiger partial charge < -0.3 is 5.32 Å². The first-order chi connectivity index (χ1) is 8.27. The number of nitriles is 1. The summed E-state index contributed by atoms with van der Waals surface area (Å²) in [6.45, 7) is 2.71. The third-order valence-corrected chi connectivity index (χ3v) is 2.50. The van der Waals surface area contributed by atoms with Gasteiger partial charge in [0.1, 0.15) is 0 Å². The van der Waals surface area contributed by atoms with Crippen LogP contribution in [0.25, 0.3) is 0 Å². The molecule has 1 rings (SSSR count). The van der Waals surface area contributed by atoms with Crippen LogP contribution in [0, 0.1) is 11.3 Å². The van der Waals surface area contributed by atoms with Gasteiger partial charge in [-0.3, -0.25) is 9.78 Å². The Bertz CT molecular complexity index is 383. The van der Waals surface area contributed by atoms with Gasteiger partial charge in [0, 0.05) is 25.4 Å². The highest BCUT2D eigenvalue weighted by molar-refractivity contribution is 5.75. The van der Waals surface area contributed by atoms with Crippen molar-refractivity contribution in [1.82, 2.24) is 10.3 Å². The second-order valence-corrected chi connectivity index (χ2v) is 3.85. The molecule has 0 fully saturated rings. The van der Waals surface area contributed by atoms with E-state index in [-0.39, 0.29) is 11.8 Å². The van der Waals surface area contributed by atoms with Crippen LogP contribution in [0.4, 0.5) is 0 Å². The molecule has 0 aromatic carbocycles. The summed E-state index contributed by atoms with van der Waals surface area (Å²) in [5.41, 5.74) is 0.922. The Kier molecular flexibility index (Phi) is 5.73. The SMILES string of the molecule is CCCNC(=O)CCC(C#N)c1ccncc1. The molecule has 0 bridgehead atoms. The Morgan fingerprint density at radius 1 is 1.53 bits per heavy atom. The van der Waals surface area contributed by atoms with E-state index in [0.29, 0.717) is 19.4 Å². The van der Waals surface area contributed by atoms with Crippen LogP contribution in [0.2, 0.25) is 0 Å². The molecule has 0 aliphatic rings. The topological polar surface area (TPSA) is 65.8 Å². The normalized spacial score (nSPS) is 11.5. The Hall–Kier alpha value is -1.89. The fourth-order valence-corrected chi connectivity index (χ4v) is 1.53. The van der Waals surface area contributed by atoms with Gasteiger partial charge in [0.15, 0.2) is 0 Å². The average Bonchev–Trinajstić information content (AvgIpc) is 2.38. The predicted molar refractivity (Wildman–Crippen MR) is 65.1 cm³/mol. The van der Waals surface area contributed by atoms with Crippen LogP contribution in [0.5, 0.6) is 0 Å². The smallest absolute Gasteiger partial charge is 0.220 e. The molecule has 0 aliphatic carbocycles. The molecule has 0 spiro atoms. The van der Waals surface area contributed by atoms with Crippen molar-refractivity contribution in [3.8, 4) is 6.07 Å². The maximum atomic E-state index is 11.4. The zero-order chi connectivity index (χ0) is 12.5. The first kappa shape index (κ1) is 13.2. The molecule has 1 heterocycles. The zero-order valence-corrected chi connectivity index (χ0v) is 10.0. The molecule has 1 N–H and O–H groups in total. The van der Waals surface area contributed by atoms with Gasteiger partial charge in [-0.1, -0.05) is 6.92 Å². The van der Waals surface area contributed by atoms with Crippen LogP contribution in [-0.4, -0.2) is 17.4 Å². The quantitative estimate of drug-likeness (QED) is 0.814. The van der Waals surface area contributed by atoms with Crippen molar-refractivity contribution in [3.05, 3.63) is 30.1 Å². The summed E-state index contributed by atoms with van der Waals surface area (Å²) >= 11 is 0. The Balaban J connectivity index is 2.44. The molecule has 0 saturated carbocycles. The van der Waals surface area contributed by atoms with Gasteiger partial charge in [-0.2, -0.15) is 5.26 Å². The van der Waals surface area contributed by atoms with Crippen LogP contribution in [0.15, 0.2) is 24.5 Å². The first-order valence-corrected chi connectivity index (χ1v) is 5.84. The van der Waals surface area contributed by atoms with Gasteiger partial charge in [-0.25, -0.2) is 0 Å². The number of rotatable bonds is 6. The molecule has 0 aliphatic heterocycles. The van der Waals surface area contributed by atoms with Gasteiger partial charge in [-0.15, -0.1) is 0 Å². The number of nitrogens with one attached hydrogen (secondary N) is 1. The van der Waals surface area contributed by atoms with Gasteiger partial charge in [0.05, 0.1) is 12.0 Å². The molecule has 0 radical (unpaired) electrons. The number of carbonyl (C=O) groups is 1. The number of pyridine rings is 1. The highest BCUT2D eigenvalue weighted by atomic mass is 16.1. The summed E-state index contributed by atoms with van der Waals surface area (Å²) in [7, 11) is 0. The summed E-state index contributed by atoms with van der Waals surface area (Å²) in [5.74, 6) is -0.216. The summed E-state index contributed by atoms with van der Waals surface area (Å²) in [6, 6.07) is 5.86. The van der Waals surface area contributed by atoms with Crippen LogP contribution >= 0.6 is 0 Å². The molecular formula is C13H17N3O. The number of hydrogen-bond donors (Lipinski definition) is 1. The first-order valence-electron chi connectivity index (χ1n) is 5.84. The molecule has 1 unspecified atom stereocenters. The number of carbonyl (C=O) groups excluding carboxylic acids is 1. The second-order valence-electron chi connectivity index (χ2n) is 3.85. The average molecular weight is 231 g/mol. The lowest BCUT2D eigenvalue weighted by molar-refractivity contribution is -0.121. The number of aromatic nitrogens is 1. The van der Waals surface area contributed by atoms with Gasteiger partial charge in [-0.05, 0) is 30.5 Å². The van der Waals surface area contributed by atoms with Crippen molar-refractivity contribution < 1.29 is 4.79 Å². The molecule has 1 aromatic rings.